The number of piperidine rings is 1. The number of carbonyl (C=O) groups is 1. The lowest BCUT2D eigenvalue weighted by Gasteiger charge is -2.44. The summed E-state index contributed by atoms with van der Waals surface area (Å²) in [7, 11) is 0. The number of nitrogens with zero attached hydrogens (tertiary/aromatic N) is 1. The Kier molecular flexibility index (Phi) is 6.94. The molecule has 0 saturated carbocycles. The van der Waals surface area contributed by atoms with Crippen molar-refractivity contribution in [2.75, 3.05) is 0 Å². The first kappa shape index (κ1) is 22.3. The lowest BCUT2D eigenvalue weighted by molar-refractivity contribution is 0.0481. The van der Waals surface area contributed by atoms with Gasteiger partial charge in [0.25, 0.3) is 0 Å². The SMILES string of the molecule is O=C(OCc1ccccc1)N1C2C=C(Cc3cccc(OCc4ccccc4)c3)CC1CCC2. The van der Waals surface area contributed by atoms with E-state index in [0.717, 1.165) is 49.0 Å². The highest BCUT2D eigenvalue weighted by molar-refractivity contribution is 5.69. The van der Waals surface area contributed by atoms with Gasteiger partial charge in [0, 0.05) is 6.04 Å². The molecule has 2 bridgehead atoms. The molecule has 34 heavy (non-hydrogen) atoms. The smallest absolute Gasteiger partial charge is 0.410 e. The molecular formula is C30H31NO3. The molecule has 2 aliphatic heterocycles. The third-order valence-electron chi connectivity index (χ3n) is 6.71. The first-order chi connectivity index (χ1) is 16.7. The van der Waals surface area contributed by atoms with Crippen LogP contribution in [0.3, 0.4) is 0 Å². The molecule has 0 aliphatic carbocycles. The van der Waals surface area contributed by atoms with Crippen molar-refractivity contribution in [3.63, 3.8) is 0 Å². The topological polar surface area (TPSA) is 38.8 Å². The Morgan fingerprint density at radius 3 is 2.26 bits per heavy atom. The van der Waals surface area contributed by atoms with Gasteiger partial charge in [-0.1, -0.05) is 84.4 Å². The molecule has 2 aliphatic rings. The summed E-state index contributed by atoms with van der Waals surface area (Å²) < 4.78 is 11.7. The Morgan fingerprint density at radius 1 is 0.824 bits per heavy atom. The maximum Gasteiger partial charge on any atom is 0.410 e. The van der Waals surface area contributed by atoms with Crippen LogP contribution in [0.2, 0.25) is 0 Å². The monoisotopic (exact) mass is 453 g/mol. The summed E-state index contributed by atoms with van der Waals surface area (Å²) in [5.41, 5.74) is 4.83. The van der Waals surface area contributed by atoms with Crippen molar-refractivity contribution in [2.24, 2.45) is 0 Å². The fourth-order valence-corrected chi connectivity index (χ4v) is 5.08. The Bertz CT molecular complexity index is 1130. The fraction of sp³-hybridized carbons (Fsp3) is 0.300. The molecular weight excluding hydrogens is 422 g/mol. The predicted octanol–water partition coefficient (Wildman–Crippen LogP) is 6.70. The van der Waals surface area contributed by atoms with Crippen molar-refractivity contribution in [2.45, 2.75) is 57.4 Å². The molecule has 4 heteroatoms. The molecule has 2 atom stereocenters. The highest BCUT2D eigenvalue weighted by Gasteiger charge is 2.37. The third-order valence-corrected chi connectivity index (χ3v) is 6.71. The van der Waals surface area contributed by atoms with E-state index in [1.165, 1.54) is 11.1 Å². The number of benzene rings is 3. The van der Waals surface area contributed by atoms with Crippen molar-refractivity contribution in [1.29, 1.82) is 0 Å². The highest BCUT2D eigenvalue weighted by atomic mass is 16.6. The van der Waals surface area contributed by atoms with E-state index >= 15 is 0 Å². The third kappa shape index (κ3) is 5.51. The van der Waals surface area contributed by atoms with Crippen molar-refractivity contribution >= 4 is 6.09 Å². The zero-order valence-electron chi connectivity index (χ0n) is 19.4. The second kappa shape index (κ2) is 10.6. The van der Waals surface area contributed by atoms with E-state index in [1.54, 1.807) is 0 Å². The summed E-state index contributed by atoms with van der Waals surface area (Å²) in [6.45, 7) is 0.888. The standard InChI is InChI=1S/C30H31NO3/c32-30(34-22-24-11-5-2-6-12-24)31-27-14-8-15-28(31)19-26(18-27)17-25-13-7-16-29(20-25)33-21-23-9-3-1-4-10-23/h1-7,9-13,16,18,20,27-28H,8,14-15,17,19,21-22H2. The molecule has 1 saturated heterocycles. The van der Waals surface area contributed by atoms with Crippen LogP contribution < -0.4 is 4.74 Å². The van der Waals surface area contributed by atoms with E-state index in [9.17, 15) is 4.79 Å². The first-order valence-corrected chi connectivity index (χ1v) is 12.2. The second-order valence-corrected chi connectivity index (χ2v) is 9.23. The van der Waals surface area contributed by atoms with Crippen LogP contribution in [-0.2, 0) is 24.4 Å². The van der Waals surface area contributed by atoms with Gasteiger partial charge in [-0.15, -0.1) is 0 Å². The number of carbonyl (C=O) groups excluding carboxylic acids is 1. The Balaban J connectivity index is 1.21. The summed E-state index contributed by atoms with van der Waals surface area (Å²) in [4.78, 5) is 14.9. The van der Waals surface area contributed by atoms with Gasteiger partial charge in [-0.25, -0.2) is 4.79 Å². The molecule has 0 N–H and O–H groups in total. The largest absolute Gasteiger partial charge is 0.489 e. The van der Waals surface area contributed by atoms with E-state index in [0.29, 0.717) is 13.2 Å². The Morgan fingerprint density at radius 2 is 1.53 bits per heavy atom. The van der Waals surface area contributed by atoms with Crippen LogP contribution in [0, 0.1) is 0 Å². The van der Waals surface area contributed by atoms with Crippen LogP contribution >= 0.6 is 0 Å². The van der Waals surface area contributed by atoms with Crippen LogP contribution in [0.5, 0.6) is 5.75 Å². The molecule has 3 aromatic carbocycles. The molecule has 2 unspecified atom stereocenters. The molecule has 1 amide bonds. The van der Waals surface area contributed by atoms with Crippen LogP contribution in [0.25, 0.3) is 0 Å². The van der Waals surface area contributed by atoms with Crippen molar-refractivity contribution < 1.29 is 14.3 Å². The zero-order chi connectivity index (χ0) is 23.2. The van der Waals surface area contributed by atoms with Gasteiger partial charge in [0.1, 0.15) is 19.0 Å². The molecule has 1 fully saturated rings. The van der Waals surface area contributed by atoms with Crippen molar-refractivity contribution in [3.8, 4) is 5.75 Å². The quantitative estimate of drug-likeness (QED) is 0.374. The summed E-state index contributed by atoms with van der Waals surface area (Å²) in [6.07, 6.45) is 7.11. The van der Waals surface area contributed by atoms with Gasteiger partial charge in [-0.3, -0.25) is 4.90 Å². The minimum Gasteiger partial charge on any atom is -0.489 e. The molecule has 174 valence electrons. The fourth-order valence-electron chi connectivity index (χ4n) is 5.08. The van der Waals surface area contributed by atoms with Crippen molar-refractivity contribution in [3.05, 3.63) is 113 Å². The maximum atomic E-state index is 12.9. The van der Waals surface area contributed by atoms with Crippen LogP contribution in [0.1, 0.15) is 42.4 Å². The van der Waals surface area contributed by atoms with E-state index < -0.39 is 0 Å². The van der Waals surface area contributed by atoms with Gasteiger partial charge in [-0.05, 0) is 60.9 Å². The lowest BCUT2D eigenvalue weighted by atomic mass is 9.83. The molecule has 0 radical (unpaired) electrons. The molecule has 3 aromatic rings. The van der Waals surface area contributed by atoms with Gasteiger partial charge in [0.15, 0.2) is 0 Å². The van der Waals surface area contributed by atoms with Crippen LogP contribution in [-0.4, -0.2) is 23.1 Å². The van der Waals surface area contributed by atoms with E-state index in [-0.39, 0.29) is 18.2 Å². The lowest BCUT2D eigenvalue weighted by Crippen LogP contribution is -2.52. The van der Waals surface area contributed by atoms with E-state index in [2.05, 4.69) is 36.4 Å². The predicted molar refractivity (Wildman–Crippen MR) is 134 cm³/mol. The molecule has 4 nitrogen and oxygen atoms in total. The molecule has 0 aromatic heterocycles. The second-order valence-electron chi connectivity index (χ2n) is 9.23. The van der Waals surface area contributed by atoms with Gasteiger partial charge in [-0.2, -0.15) is 0 Å². The number of ether oxygens (including phenoxy) is 2. The molecule has 5 rings (SSSR count). The summed E-state index contributed by atoms with van der Waals surface area (Å²) in [5.74, 6) is 0.893. The first-order valence-electron chi connectivity index (χ1n) is 12.2. The Labute approximate surface area is 201 Å². The number of hydrogen-bond acceptors (Lipinski definition) is 3. The summed E-state index contributed by atoms with van der Waals surface area (Å²) >= 11 is 0. The Hall–Kier alpha value is -3.53. The molecule has 2 heterocycles. The average molecular weight is 454 g/mol. The summed E-state index contributed by atoms with van der Waals surface area (Å²) in [6, 6.07) is 28.8. The van der Waals surface area contributed by atoms with Gasteiger partial charge in [0.05, 0.1) is 6.04 Å². The van der Waals surface area contributed by atoms with Crippen molar-refractivity contribution in [1.82, 2.24) is 4.90 Å². The van der Waals surface area contributed by atoms with E-state index in [1.807, 2.05) is 59.5 Å². The normalized spacial score (nSPS) is 19.3. The van der Waals surface area contributed by atoms with E-state index in [4.69, 9.17) is 9.47 Å². The van der Waals surface area contributed by atoms with Gasteiger partial charge in [0.2, 0.25) is 0 Å². The number of rotatable bonds is 7. The number of fused-ring (bicyclic) bond motifs is 2. The number of amides is 1. The molecule has 0 spiro atoms. The van der Waals surface area contributed by atoms with Crippen LogP contribution in [0.15, 0.2) is 96.6 Å². The number of hydrogen-bond donors (Lipinski definition) is 0. The minimum atomic E-state index is -0.190. The maximum absolute atomic E-state index is 12.9. The van der Waals surface area contributed by atoms with Gasteiger partial charge >= 0.3 is 6.09 Å². The summed E-state index contributed by atoms with van der Waals surface area (Å²) in [5, 5.41) is 0. The van der Waals surface area contributed by atoms with Crippen LogP contribution in [0.4, 0.5) is 4.79 Å². The minimum absolute atomic E-state index is 0.128. The zero-order valence-corrected chi connectivity index (χ0v) is 19.4. The van der Waals surface area contributed by atoms with Gasteiger partial charge < -0.3 is 9.47 Å². The highest BCUT2D eigenvalue weighted by Crippen LogP contribution is 2.35. The average Bonchev–Trinajstić information content (AvgIpc) is 2.87.